The number of rotatable bonds is 2. The van der Waals surface area contributed by atoms with Gasteiger partial charge in [0.05, 0.1) is 15.6 Å². The Morgan fingerprint density at radius 2 is 1.90 bits per heavy atom. The lowest BCUT2D eigenvalue weighted by Crippen LogP contribution is -2.42. The minimum atomic E-state index is -2.60. The van der Waals surface area contributed by atoms with E-state index in [1.165, 1.54) is 4.57 Å². The third-order valence-electron chi connectivity index (χ3n) is 6.69. The number of aromatic nitrogens is 2. The van der Waals surface area contributed by atoms with E-state index in [2.05, 4.69) is 4.98 Å². The van der Waals surface area contributed by atoms with Crippen LogP contribution >= 0.6 is 23.2 Å². The second-order valence-corrected chi connectivity index (χ2v) is 9.45. The monoisotopic (exact) mass is 456 g/mol. The van der Waals surface area contributed by atoms with Gasteiger partial charge in [0.25, 0.3) is 11.5 Å². The Morgan fingerprint density at radius 3 is 2.50 bits per heavy atom. The number of hydrogen-bond donors (Lipinski definition) is 1. The fraction of sp³-hybridized carbons (Fsp3) is 0.524. The van der Waals surface area contributed by atoms with Gasteiger partial charge < -0.3 is 10.6 Å². The summed E-state index contributed by atoms with van der Waals surface area (Å²) in [5, 5.41) is 0.567. The van der Waals surface area contributed by atoms with Crippen LogP contribution in [0.2, 0.25) is 10.0 Å². The third-order valence-corrected chi connectivity index (χ3v) is 7.51. The van der Waals surface area contributed by atoms with Gasteiger partial charge in [-0.05, 0) is 30.7 Å². The molecule has 0 amide bonds. The highest BCUT2D eigenvalue weighted by atomic mass is 35.5. The molecule has 1 atom stereocenters. The van der Waals surface area contributed by atoms with Crippen molar-refractivity contribution in [3.63, 3.8) is 0 Å². The molecule has 1 saturated carbocycles. The highest BCUT2D eigenvalue weighted by Gasteiger charge is 2.54. The number of halogens is 4. The molecule has 2 heterocycles. The summed E-state index contributed by atoms with van der Waals surface area (Å²) in [6.07, 6.45) is 1.76. The van der Waals surface area contributed by atoms with E-state index in [-0.39, 0.29) is 33.8 Å². The highest BCUT2D eigenvalue weighted by molar-refractivity contribution is 6.43. The lowest BCUT2D eigenvalue weighted by molar-refractivity contribution is -0.0381. The molecule has 1 saturated heterocycles. The Kier molecular flexibility index (Phi) is 5.26. The summed E-state index contributed by atoms with van der Waals surface area (Å²) in [6.45, 7) is 2.74. The van der Waals surface area contributed by atoms with Crippen molar-refractivity contribution in [1.29, 1.82) is 0 Å². The molecular formula is C21H24Cl2F2N4O. The summed E-state index contributed by atoms with van der Waals surface area (Å²) in [7, 11) is 1.63. The van der Waals surface area contributed by atoms with Crippen LogP contribution in [0, 0.1) is 11.3 Å². The van der Waals surface area contributed by atoms with E-state index >= 15 is 0 Å². The van der Waals surface area contributed by atoms with Crippen LogP contribution in [0.15, 0.2) is 23.0 Å². The molecule has 2 aliphatic rings. The number of anilines is 2. The minimum absolute atomic E-state index is 0.0598. The number of nitrogens with zero attached hydrogens (tertiary/aromatic N) is 3. The predicted molar refractivity (Wildman–Crippen MR) is 117 cm³/mol. The first-order valence-electron chi connectivity index (χ1n) is 9.98. The molecule has 30 heavy (non-hydrogen) atoms. The van der Waals surface area contributed by atoms with E-state index in [1.807, 2.05) is 4.90 Å². The Balaban J connectivity index is 1.63. The summed E-state index contributed by atoms with van der Waals surface area (Å²) in [5.41, 5.74) is 6.13. The second kappa shape index (κ2) is 7.38. The number of nitrogens with two attached hydrogens (primary N) is 1. The Morgan fingerprint density at radius 1 is 1.23 bits per heavy atom. The first kappa shape index (κ1) is 21.4. The molecule has 2 N–H and O–H groups in total. The van der Waals surface area contributed by atoms with Crippen molar-refractivity contribution in [2.24, 2.45) is 18.4 Å². The average molecular weight is 457 g/mol. The topological polar surface area (TPSA) is 64.2 Å². The molecule has 1 spiro atoms. The SMILES string of the molecule is C[C@@H]1CC2(CCN(c3nc(N)c(-c4cccc(Cl)c4Cl)c(=O)n3C)CC2)CC1(F)F. The Hall–Kier alpha value is -1.86. The van der Waals surface area contributed by atoms with Gasteiger partial charge >= 0.3 is 0 Å². The van der Waals surface area contributed by atoms with Gasteiger partial charge in [-0.3, -0.25) is 9.36 Å². The molecule has 9 heteroatoms. The van der Waals surface area contributed by atoms with E-state index < -0.39 is 11.8 Å². The number of alkyl halides is 2. The quantitative estimate of drug-likeness (QED) is 0.691. The average Bonchev–Trinajstić information content (AvgIpc) is 2.90. The van der Waals surface area contributed by atoms with Gasteiger partial charge in [-0.2, -0.15) is 4.98 Å². The van der Waals surface area contributed by atoms with Crippen LogP contribution in [0.25, 0.3) is 11.1 Å². The number of nitrogen functional groups attached to an aromatic ring is 1. The molecule has 162 valence electrons. The van der Waals surface area contributed by atoms with Crippen molar-refractivity contribution in [3.05, 3.63) is 38.6 Å². The summed E-state index contributed by atoms with van der Waals surface area (Å²) >= 11 is 12.4. The molecule has 1 aromatic heterocycles. The summed E-state index contributed by atoms with van der Waals surface area (Å²) in [6, 6.07) is 5.00. The molecule has 1 aliphatic carbocycles. The Labute approximate surface area is 183 Å². The van der Waals surface area contributed by atoms with Crippen LogP contribution in [0.5, 0.6) is 0 Å². The number of piperidine rings is 1. The molecule has 5 nitrogen and oxygen atoms in total. The normalized spacial score (nSPS) is 22.6. The smallest absolute Gasteiger partial charge is 0.264 e. The zero-order valence-corrected chi connectivity index (χ0v) is 18.4. The Bertz CT molecular complexity index is 1050. The van der Waals surface area contributed by atoms with Crippen molar-refractivity contribution >= 4 is 35.0 Å². The molecule has 1 aliphatic heterocycles. The van der Waals surface area contributed by atoms with E-state index in [4.69, 9.17) is 28.9 Å². The van der Waals surface area contributed by atoms with Gasteiger partial charge in [0.15, 0.2) is 0 Å². The second-order valence-electron chi connectivity index (χ2n) is 8.67. The van der Waals surface area contributed by atoms with E-state index in [1.54, 1.807) is 32.2 Å². The maximum absolute atomic E-state index is 14.1. The van der Waals surface area contributed by atoms with Gasteiger partial charge in [-0.25, -0.2) is 8.78 Å². The fourth-order valence-corrected chi connectivity index (χ4v) is 5.34. The molecule has 0 unspecified atom stereocenters. The molecule has 2 fully saturated rings. The van der Waals surface area contributed by atoms with E-state index in [9.17, 15) is 13.6 Å². The minimum Gasteiger partial charge on any atom is -0.383 e. The van der Waals surface area contributed by atoms with Crippen molar-refractivity contribution in [2.75, 3.05) is 23.7 Å². The standard InChI is InChI=1S/C21H24Cl2F2N4O/c1-12-10-20(11-21(12,24)25)6-8-29(9-7-20)19-27-17(26)15(18(30)28(19)2)13-4-3-5-14(22)16(13)23/h3-5,12H,6-11,26H2,1-2H3/t12-/m1/s1. The summed E-state index contributed by atoms with van der Waals surface area (Å²) in [5.74, 6) is -2.69. The zero-order chi connectivity index (χ0) is 21.8. The first-order chi connectivity index (χ1) is 14.0. The highest BCUT2D eigenvalue weighted by Crippen LogP contribution is 2.55. The maximum atomic E-state index is 14.1. The van der Waals surface area contributed by atoms with Crippen LogP contribution in [-0.4, -0.2) is 28.6 Å². The van der Waals surface area contributed by atoms with Gasteiger partial charge in [0.1, 0.15) is 5.82 Å². The summed E-state index contributed by atoms with van der Waals surface area (Å²) < 4.78 is 29.7. The fourth-order valence-electron chi connectivity index (χ4n) is 4.95. The number of benzene rings is 1. The van der Waals surface area contributed by atoms with E-state index in [0.717, 1.165) is 0 Å². The number of hydrogen-bond acceptors (Lipinski definition) is 4. The molecule has 0 bridgehead atoms. The lowest BCUT2D eigenvalue weighted by Gasteiger charge is -2.40. The van der Waals surface area contributed by atoms with Gasteiger partial charge in [0, 0.05) is 38.0 Å². The van der Waals surface area contributed by atoms with Crippen LogP contribution in [0.1, 0.15) is 32.6 Å². The van der Waals surface area contributed by atoms with Crippen molar-refractivity contribution in [2.45, 2.75) is 38.5 Å². The van der Waals surface area contributed by atoms with Crippen molar-refractivity contribution in [1.82, 2.24) is 9.55 Å². The van der Waals surface area contributed by atoms with Crippen LogP contribution in [0.4, 0.5) is 20.5 Å². The first-order valence-corrected chi connectivity index (χ1v) is 10.7. The lowest BCUT2D eigenvalue weighted by atomic mass is 9.76. The summed E-state index contributed by atoms with van der Waals surface area (Å²) in [4.78, 5) is 19.5. The molecule has 4 rings (SSSR count). The molecule has 2 aromatic rings. The van der Waals surface area contributed by atoms with Gasteiger partial charge in [-0.1, -0.05) is 42.3 Å². The van der Waals surface area contributed by atoms with Crippen LogP contribution < -0.4 is 16.2 Å². The van der Waals surface area contributed by atoms with Crippen molar-refractivity contribution < 1.29 is 8.78 Å². The van der Waals surface area contributed by atoms with Gasteiger partial charge in [-0.15, -0.1) is 0 Å². The van der Waals surface area contributed by atoms with Crippen LogP contribution in [-0.2, 0) is 7.05 Å². The van der Waals surface area contributed by atoms with Crippen molar-refractivity contribution in [3.8, 4) is 11.1 Å². The predicted octanol–water partition coefficient (Wildman–Crippen LogP) is 4.99. The molecule has 0 radical (unpaired) electrons. The maximum Gasteiger partial charge on any atom is 0.264 e. The molecule has 1 aromatic carbocycles. The third kappa shape index (κ3) is 3.46. The zero-order valence-electron chi connectivity index (χ0n) is 16.9. The van der Waals surface area contributed by atoms with E-state index in [0.29, 0.717) is 48.9 Å². The van der Waals surface area contributed by atoms with Crippen LogP contribution in [0.3, 0.4) is 0 Å². The largest absolute Gasteiger partial charge is 0.383 e. The van der Waals surface area contributed by atoms with Gasteiger partial charge in [0.2, 0.25) is 5.95 Å². The molecular weight excluding hydrogens is 433 g/mol.